The van der Waals surface area contributed by atoms with E-state index in [4.69, 9.17) is 11.6 Å². The van der Waals surface area contributed by atoms with E-state index in [1.807, 2.05) is 31.2 Å². The predicted octanol–water partition coefficient (Wildman–Crippen LogP) is 3.58. The van der Waals surface area contributed by atoms with Gasteiger partial charge in [-0.25, -0.2) is 4.98 Å². The molecule has 0 saturated heterocycles. The highest BCUT2D eigenvalue weighted by atomic mass is 35.5. The normalized spacial score (nSPS) is 10.3. The van der Waals surface area contributed by atoms with Crippen molar-refractivity contribution >= 4 is 29.2 Å². The summed E-state index contributed by atoms with van der Waals surface area (Å²) >= 11 is 7.30. The topological polar surface area (TPSA) is 30.0 Å². The highest BCUT2D eigenvalue weighted by Gasteiger charge is 2.07. The number of nitrogens with zero attached hydrogens (tertiary/aromatic N) is 1. The Morgan fingerprint density at radius 2 is 2.00 bits per heavy atom. The number of hydrogen-bond donors (Lipinski definition) is 0. The minimum atomic E-state index is 0.518. The number of halogens is 1. The molecule has 0 N–H and O–H groups in total. The van der Waals surface area contributed by atoms with Crippen molar-refractivity contribution in [3.63, 3.8) is 0 Å². The van der Waals surface area contributed by atoms with Crippen LogP contribution in [-0.4, -0.2) is 11.3 Å². The Balaban J connectivity index is 2.45. The monoisotopic (exact) mass is 237 g/mol. The lowest BCUT2D eigenvalue weighted by atomic mass is 10.2. The molecule has 0 aliphatic carbocycles. The number of aromatic nitrogens is 1. The SMILES string of the molecule is Cc1sc(-c2ccc(Cl)cc2)nc1C=O. The van der Waals surface area contributed by atoms with Crippen LogP contribution in [-0.2, 0) is 0 Å². The van der Waals surface area contributed by atoms with Crippen LogP contribution < -0.4 is 0 Å². The molecule has 4 heteroatoms. The van der Waals surface area contributed by atoms with E-state index in [9.17, 15) is 4.79 Å². The van der Waals surface area contributed by atoms with E-state index in [1.165, 1.54) is 11.3 Å². The van der Waals surface area contributed by atoms with Crippen LogP contribution in [0.2, 0.25) is 5.02 Å². The van der Waals surface area contributed by atoms with Crippen molar-refractivity contribution in [2.24, 2.45) is 0 Å². The maximum absolute atomic E-state index is 10.6. The summed E-state index contributed by atoms with van der Waals surface area (Å²) in [5.41, 5.74) is 1.51. The lowest BCUT2D eigenvalue weighted by Crippen LogP contribution is -1.82. The molecule has 0 amide bonds. The molecule has 0 bridgehead atoms. The first kappa shape index (κ1) is 10.3. The Morgan fingerprint density at radius 1 is 1.33 bits per heavy atom. The van der Waals surface area contributed by atoms with Gasteiger partial charge in [-0.05, 0) is 19.1 Å². The van der Waals surface area contributed by atoms with Crippen LogP contribution in [0.4, 0.5) is 0 Å². The Morgan fingerprint density at radius 3 is 2.53 bits per heavy atom. The van der Waals surface area contributed by atoms with Crippen LogP contribution in [0, 0.1) is 6.92 Å². The second-order valence-corrected chi connectivity index (χ2v) is 4.72. The lowest BCUT2D eigenvalue weighted by molar-refractivity contribution is 0.111. The molecule has 2 aromatic rings. The summed E-state index contributed by atoms with van der Waals surface area (Å²) in [5.74, 6) is 0. The highest BCUT2D eigenvalue weighted by Crippen LogP contribution is 2.27. The van der Waals surface area contributed by atoms with Crippen molar-refractivity contribution in [2.45, 2.75) is 6.92 Å². The first-order chi connectivity index (χ1) is 7.20. The third-order valence-electron chi connectivity index (χ3n) is 2.04. The largest absolute Gasteiger partial charge is 0.296 e. The number of thiazole rings is 1. The summed E-state index contributed by atoms with van der Waals surface area (Å²) in [6.45, 7) is 1.89. The zero-order valence-corrected chi connectivity index (χ0v) is 9.60. The van der Waals surface area contributed by atoms with Crippen LogP contribution in [0.1, 0.15) is 15.4 Å². The first-order valence-electron chi connectivity index (χ1n) is 4.39. The average Bonchev–Trinajstić information content (AvgIpc) is 2.61. The fourth-order valence-corrected chi connectivity index (χ4v) is 2.25. The second-order valence-electron chi connectivity index (χ2n) is 3.09. The summed E-state index contributed by atoms with van der Waals surface area (Å²) in [7, 11) is 0. The number of aryl methyl sites for hydroxylation is 1. The molecule has 15 heavy (non-hydrogen) atoms. The van der Waals surface area contributed by atoms with Gasteiger partial charge in [0.1, 0.15) is 10.7 Å². The standard InChI is InChI=1S/C11H8ClNOS/c1-7-10(6-14)13-11(15-7)8-2-4-9(12)5-3-8/h2-6H,1H3. The van der Waals surface area contributed by atoms with Gasteiger partial charge < -0.3 is 0 Å². The van der Waals surface area contributed by atoms with Crippen LogP contribution in [0.15, 0.2) is 24.3 Å². The molecule has 0 fully saturated rings. The molecule has 1 aromatic heterocycles. The average molecular weight is 238 g/mol. The summed E-state index contributed by atoms with van der Waals surface area (Å²) in [6, 6.07) is 7.42. The second kappa shape index (κ2) is 4.13. The first-order valence-corrected chi connectivity index (χ1v) is 5.58. The number of carbonyl (C=O) groups is 1. The Kier molecular flexibility index (Phi) is 2.84. The third-order valence-corrected chi connectivity index (χ3v) is 3.32. The number of benzene rings is 1. The van der Waals surface area contributed by atoms with Gasteiger partial charge in [0, 0.05) is 15.5 Å². The van der Waals surface area contributed by atoms with Crippen molar-refractivity contribution < 1.29 is 4.79 Å². The van der Waals surface area contributed by atoms with Crippen LogP contribution >= 0.6 is 22.9 Å². The number of rotatable bonds is 2. The van der Waals surface area contributed by atoms with Gasteiger partial charge in [-0.2, -0.15) is 0 Å². The van der Waals surface area contributed by atoms with E-state index in [1.54, 1.807) is 0 Å². The molecule has 0 saturated carbocycles. The van der Waals surface area contributed by atoms with Gasteiger partial charge >= 0.3 is 0 Å². The summed E-state index contributed by atoms with van der Waals surface area (Å²) < 4.78 is 0. The van der Waals surface area contributed by atoms with Gasteiger partial charge in [0.25, 0.3) is 0 Å². The number of aldehydes is 1. The van der Waals surface area contributed by atoms with Gasteiger partial charge in [-0.15, -0.1) is 11.3 Å². The number of carbonyl (C=O) groups excluding carboxylic acids is 1. The molecular weight excluding hydrogens is 230 g/mol. The van der Waals surface area contributed by atoms with Gasteiger partial charge in [0.05, 0.1) is 0 Å². The molecular formula is C11H8ClNOS. The zero-order valence-electron chi connectivity index (χ0n) is 8.03. The van der Waals surface area contributed by atoms with E-state index in [0.29, 0.717) is 10.7 Å². The van der Waals surface area contributed by atoms with Gasteiger partial charge in [-0.3, -0.25) is 4.79 Å². The summed E-state index contributed by atoms with van der Waals surface area (Å²) in [5, 5.41) is 1.55. The van der Waals surface area contributed by atoms with E-state index in [0.717, 1.165) is 21.7 Å². The fourth-order valence-electron chi connectivity index (χ4n) is 1.23. The smallest absolute Gasteiger partial charge is 0.169 e. The Hall–Kier alpha value is -1.19. The van der Waals surface area contributed by atoms with E-state index >= 15 is 0 Å². The maximum Gasteiger partial charge on any atom is 0.169 e. The van der Waals surface area contributed by atoms with E-state index < -0.39 is 0 Å². The summed E-state index contributed by atoms with van der Waals surface area (Å²) in [6.07, 6.45) is 0.783. The molecule has 0 aliphatic heterocycles. The molecule has 0 aliphatic rings. The van der Waals surface area contributed by atoms with Crippen LogP contribution in [0.3, 0.4) is 0 Å². The molecule has 2 rings (SSSR count). The van der Waals surface area contributed by atoms with E-state index in [2.05, 4.69) is 4.98 Å². The third kappa shape index (κ3) is 2.08. The zero-order chi connectivity index (χ0) is 10.8. The van der Waals surface area contributed by atoms with Crippen molar-refractivity contribution in [1.82, 2.24) is 4.98 Å². The molecule has 76 valence electrons. The van der Waals surface area contributed by atoms with Crippen LogP contribution in [0.25, 0.3) is 10.6 Å². The van der Waals surface area contributed by atoms with Crippen LogP contribution in [0.5, 0.6) is 0 Å². The van der Waals surface area contributed by atoms with Gasteiger partial charge in [0.15, 0.2) is 6.29 Å². The van der Waals surface area contributed by atoms with Crippen molar-refractivity contribution in [2.75, 3.05) is 0 Å². The predicted molar refractivity (Wildman–Crippen MR) is 62.7 cm³/mol. The minimum Gasteiger partial charge on any atom is -0.296 e. The van der Waals surface area contributed by atoms with Crippen molar-refractivity contribution in [3.05, 3.63) is 39.9 Å². The van der Waals surface area contributed by atoms with E-state index in [-0.39, 0.29) is 0 Å². The summed E-state index contributed by atoms with van der Waals surface area (Å²) in [4.78, 5) is 15.8. The van der Waals surface area contributed by atoms with Crippen molar-refractivity contribution in [3.8, 4) is 10.6 Å². The molecule has 0 atom stereocenters. The molecule has 0 unspecified atom stereocenters. The highest BCUT2D eigenvalue weighted by molar-refractivity contribution is 7.15. The molecule has 2 nitrogen and oxygen atoms in total. The molecule has 1 aromatic carbocycles. The molecule has 0 radical (unpaired) electrons. The number of hydrogen-bond acceptors (Lipinski definition) is 3. The fraction of sp³-hybridized carbons (Fsp3) is 0.0909. The molecule has 1 heterocycles. The Bertz CT molecular complexity index is 490. The van der Waals surface area contributed by atoms with Gasteiger partial charge in [-0.1, -0.05) is 23.7 Å². The lowest BCUT2D eigenvalue weighted by Gasteiger charge is -1.94. The Labute approximate surface area is 96.5 Å². The molecule has 0 spiro atoms. The minimum absolute atomic E-state index is 0.518. The quantitative estimate of drug-likeness (QED) is 0.748. The maximum atomic E-state index is 10.6. The van der Waals surface area contributed by atoms with Gasteiger partial charge in [0.2, 0.25) is 0 Å². The van der Waals surface area contributed by atoms with Crippen molar-refractivity contribution in [1.29, 1.82) is 0 Å².